The number of hydrogen-bond donors (Lipinski definition) is 11. The maximum absolute atomic E-state index is 13.9. The summed E-state index contributed by atoms with van der Waals surface area (Å²) in [5, 5.41) is 77.4. The molecule has 0 spiro atoms. The first-order valence-corrected chi connectivity index (χ1v) is 18.0. The van der Waals surface area contributed by atoms with Gasteiger partial charge in [-0.2, -0.15) is 0 Å². The summed E-state index contributed by atoms with van der Waals surface area (Å²) in [6.07, 6.45) is -17.4. The van der Waals surface area contributed by atoms with Gasteiger partial charge in [0.25, 0.3) is 5.91 Å². The van der Waals surface area contributed by atoms with Gasteiger partial charge in [0.1, 0.15) is 67.5 Å². The Kier molecular flexibility index (Phi) is 15.6. The van der Waals surface area contributed by atoms with Gasteiger partial charge in [0.2, 0.25) is 5.91 Å². The summed E-state index contributed by atoms with van der Waals surface area (Å²) in [7, 11) is 0. The van der Waals surface area contributed by atoms with Crippen LogP contribution in [0.2, 0.25) is 0 Å². The Hall–Kier alpha value is -4.57. The van der Waals surface area contributed by atoms with Crippen LogP contribution in [0.4, 0.5) is 4.79 Å². The number of nitrogens with one attached hydrogen (secondary N) is 4. The molecule has 56 heavy (non-hydrogen) atoms. The summed E-state index contributed by atoms with van der Waals surface area (Å²) < 4.78 is 21.9. The minimum atomic E-state index is -1.84. The Morgan fingerprint density at radius 1 is 0.607 bits per heavy atom. The number of carbonyl (C=O) groups is 3. The zero-order valence-corrected chi connectivity index (χ0v) is 30.1. The van der Waals surface area contributed by atoms with Crippen molar-refractivity contribution in [2.75, 3.05) is 13.2 Å². The van der Waals surface area contributed by atoms with Crippen molar-refractivity contribution in [3.63, 3.8) is 0 Å². The number of hydrogen-bond acceptors (Lipinski definition) is 15. The molecule has 5 rings (SSSR count). The van der Waals surface area contributed by atoms with E-state index in [9.17, 15) is 50.1 Å². The second kappa shape index (κ2) is 20.6. The number of ether oxygens (including phenoxy) is 4. The third kappa shape index (κ3) is 11.3. The molecule has 11 N–H and O–H groups in total. The molecule has 2 aliphatic rings. The molecule has 304 valence electrons. The first-order chi connectivity index (χ1) is 27.0. The third-order valence-electron chi connectivity index (χ3n) is 9.36. The molecule has 0 saturated carbocycles. The summed E-state index contributed by atoms with van der Waals surface area (Å²) in [5.74, 6) is -1.52. The molecule has 0 aromatic heterocycles. The Balaban J connectivity index is 1.26. The van der Waals surface area contributed by atoms with E-state index in [0.29, 0.717) is 5.56 Å². The van der Waals surface area contributed by atoms with E-state index in [1.807, 2.05) is 6.07 Å². The van der Waals surface area contributed by atoms with E-state index in [0.717, 1.165) is 11.1 Å². The van der Waals surface area contributed by atoms with E-state index in [4.69, 9.17) is 18.9 Å². The molecular weight excluding hydrogens is 736 g/mol. The molecule has 3 aromatic rings. The minimum Gasteiger partial charge on any atom is -0.445 e. The van der Waals surface area contributed by atoms with Gasteiger partial charge in [0.05, 0.1) is 13.2 Å². The zero-order valence-electron chi connectivity index (χ0n) is 30.1. The van der Waals surface area contributed by atoms with E-state index in [1.165, 1.54) is 0 Å². The van der Waals surface area contributed by atoms with Crippen LogP contribution in [-0.2, 0) is 48.0 Å². The largest absolute Gasteiger partial charge is 0.445 e. The Bertz CT molecular complexity index is 1670. The molecule has 0 aliphatic carbocycles. The first kappa shape index (κ1) is 42.6. The highest BCUT2D eigenvalue weighted by Crippen LogP contribution is 2.28. The maximum Gasteiger partial charge on any atom is 0.408 e. The highest BCUT2D eigenvalue weighted by Gasteiger charge is 2.50. The van der Waals surface area contributed by atoms with E-state index >= 15 is 0 Å². The van der Waals surface area contributed by atoms with Gasteiger partial charge in [-0.1, -0.05) is 91.0 Å². The molecule has 0 bridgehead atoms. The van der Waals surface area contributed by atoms with Crippen LogP contribution in [0.1, 0.15) is 16.7 Å². The Labute approximate surface area is 322 Å². The van der Waals surface area contributed by atoms with Gasteiger partial charge in [-0.05, 0) is 16.7 Å². The number of rotatable bonds is 16. The molecule has 12 atom stereocenters. The van der Waals surface area contributed by atoms with Crippen molar-refractivity contribution in [1.29, 1.82) is 0 Å². The van der Waals surface area contributed by atoms with Crippen molar-refractivity contribution in [2.24, 2.45) is 0 Å². The van der Waals surface area contributed by atoms with E-state index in [-0.39, 0.29) is 19.4 Å². The molecule has 18 heteroatoms. The lowest BCUT2D eigenvalue weighted by molar-refractivity contribution is -0.343. The van der Waals surface area contributed by atoms with Gasteiger partial charge >= 0.3 is 6.09 Å². The van der Waals surface area contributed by atoms with Crippen LogP contribution in [0.15, 0.2) is 91.0 Å². The van der Waals surface area contributed by atoms with Crippen LogP contribution in [-0.4, -0.2) is 140 Å². The van der Waals surface area contributed by atoms with Crippen molar-refractivity contribution in [2.45, 2.75) is 92.9 Å². The molecular formula is C38H48N4O14. The second-order valence-corrected chi connectivity index (χ2v) is 13.4. The number of aliphatic hydroxyl groups excluding tert-OH is 7. The standard InChI is InChI=1S/C38H48N4O14/c43-18-26-28(45)29(46)32(49)37(55-26)56-33-27(19-44)54-36(31(48)30(33)47)42-41-35(51)25(17-22-12-6-2-7-13-22)39-34(50)24(16-21-10-4-1-5-11-21)40-38(52)53-20-23-14-8-3-9-15-23/h1-15,24-33,36-37,42-49H,16-20H2,(H,39,50)(H,40,52)(H,41,51)/t24-,25-,26+,27+,28+,29-,30+,31+,32+,33+,36+,37-/m0/s1. The van der Waals surface area contributed by atoms with Crippen molar-refractivity contribution < 1.29 is 69.1 Å². The number of benzene rings is 3. The molecule has 2 heterocycles. The fraction of sp³-hybridized carbons (Fsp3) is 0.447. The van der Waals surface area contributed by atoms with Crippen LogP contribution < -0.4 is 21.5 Å². The fourth-order valence-electron chi connectivity index (χ4n) is 6.24. The summed E-state index contributed by atoms with van der Waals surface area (Å²) in [4.78, 5) is 40.5. The summed E-state index contributed by atoms with van der Waals surface area (Å²) in [5.41, 5.74) is 6.98. The van der Waals surface area contributed by atoms with Crippen molar-refractivity contribution in [3.8, 4) is 0 Å². The third-order valence-corrected chi connectivity index (χ3v) is 9.36. The van der Waals surface area contributed by atoms with E-state index < -0.39 is 105 Å². The lowest BCUT2D eigenvalue weighted by atomic mass is 9.96. The van der Waals surface area contributed by atoms with Gasteiger partial charge in [0, 0.05) is 12.8 Å². The average molecular weight is 785 g/mol. The van der Waals surface area contributed by atoms with Crippen LogP contribution >= 0.6 is 0 Å². The summed E-state index contributed by atoms with van der Waals surface area (Å²) in [6.45, 7) is -1.59. The highest BCUT2D eigenvalue weighted by atomic mass is 16.7. The normalized spacial score (nSPS) is 28.7. The molecule has 0 radical (unpaired) electrons. The van der Waals surface area contributed by atoms with Crippen molar-refractivity contribution >= 4 is 17.9 Å². The molecule has 0 unspecified atom stereocenters. The van der Waals surface area contributed by atoms with Gasteiger partial charge in [-0.25, -0.2) is 10.2 Å². The SMILES string of the molecule is O=C(N[C@@H](Cc1ccccc1)C(=O)N[C@@H](Cc1ccccc1)C(=O)NN[C@@H]1O[C@H](CO)[C@@H](O[C@@H]2O[C@H](CO)[C@@H](O)[C@H](O)[C@H]2O)[C@H](O)[C@H]1O)OCc1ccccc1. The number of amides is 3. The topological polar surface area (TPSA) is 278 Å². The fourth-order valence-corrected chi connectivity index (χ4v) is 6.24. The summed E-state index contributed by atoms with van der Waals surface area (Å²) >= 11 is 0. The lowest BCUT2D eigenvalue weighted by Gasteiger charge is -2.46. The van der Waals surface area contributed by atoms with Crippen molar-refractivity contribution in [3.05, 3.63) is 108 Å². The number of carbonyl (C=O) groups excluding carboxylic acids is 3. The Morgan fingerprint density at radius 2 is 1.14 bits per heavy atom. The first-order valence-electron chi connectivity index (χ1n) is 18.0. The number of alkyl carbamates (subject to hydrolysis) is 1. The Morgan fingerprint density at radius 3 is 1.70 bits per heavy atom. The smallest absolute Gasteiger partial charge is 0.408 e. The zero-order chi connectivity index (χ0) is 40.2. The molecule has 2 saturated heterocycles. The molecule has 3 aromatic carbocycles. The predicted octanol–water partition coefficient (Wildman–Crippen LogP) is -2.50. The maximum atomic E-state index is 13.9. The molecule has 2 aliphatic heterocycles. The minimum absolute atomic E-state index is 0.0123. The second-order valence-electron chi connectivity index (χ2n) is 13.4. The van der Waals surface area contributed by atoms with Gasteiger partial charge < -0.3 is 65.3 Å². The van der Waals surface area contributed by atoms with E-state index in [2.05, 4.69) is 21.5 Å². The molecule has 2 fully saturated rings. The quantitative estimate of drug-likeness (QED) is 0.0670. The van der Waals surface area contributed by atoms with Gasteiger partial charge in [0.15, 0.2) is 12.5 Å². The van der Waals surface area contributed by atoms with Crippen LogP contribution in [0.25, 0.3) is 0 Å². The van der Waals surface area contributed by atoms with E-state index in [1.54, 1.807) is 84.9 Å². The van der Waals surface area contributed by atoms with Crippen LogP contribution in [0.5, 0.6) is 0 Å². The van der Waals surface area contributed by atoms with Crippen LogP contribution in [0.3, 0.4) is 0 Å². The van der Waals surface area contributed by atoms with Gasteiger partial charge in [-0.15, -0.1) is 0 Å². The highest BCUT2D eigenvalue weighted by molar-refractivity contribution is 5.91. The average Bonchev–Trinajstić information content (AvgIpc) is 3.22. The van der Waals surface area contributed by atoms with Crippen molar-refractivity contribution in [1.82, 2.24) is 21.5 Å². The predicted molar refractivity (Wildman–Crippen MR) is 193 cm³/mol. The molecule has 18 nitrogen and oxygen atoms in total. The lowest BCUT2D eigenvalue weighted by Crippen LogP contribution is -2.68. The van der Waals surface area contributed by atoms with Crippen LogP contribution in [0, 0.1) is 0 Å². The molecule has 3 amide bonds. The monoisotopic (exact) mass is 784 g/mol. The van der Waals surface area contributed by atoms with Gasteiger partial charge in [-0.3, -0.25) is 15.0 Å². The number of aliphatic hydroxyl groups is 7. The number of hydrazine groups is 1. The summed E-state index contributed by atoms with van der Waals surface area (Å²) in [6, 6.07) is 24.2.